The van der Waals surface area contributed by atoms with E-state index in [4.69, 9.17) is 0 Å². The Morgan fingerprint density at radius 1 is 1.04 bits per heavy atom. The normalized spacial score (nSPS) is 17.6. The van der Waals surface area contributed by atoms with Crippen LogP contribution in [0.4, 0.5) is 0 Å². The summed E-state index contributed by atoms with van der Waals surface area (Å²) in [5.74, 6) is -0.376. The Morgan fingerprint density at radius 2 is 1.57 bits per heavy atom. The van der Waals surface area contributed by atoms with E-state index in [9.17, 15) is 21.6 Å². The second-order valence-corrected chi connectivity index (χ2v) is 10.1. The van der Waals surface area contributed by atoms with Crippen LogP contribution in [-0.4, -0.2) is 81.6 Å². The smallest absolute Gasteiger partial charge is 0.282 e. The van der Waals surface area contributed by atoms with Crippen LogP contribution in [0.25, 0.3) is 0 Å². The lowest BCUT2D eigenvalue weighted by Crippen LogP contribution is -2.57. The molecule has 11 heteroatoms. The molecule has 0 unspecified atom stereocenters. The largest absolute Gasteiger partial charge is 0.339 e. The highest BCUT2D eigenvalue weighted by Crippen LogP contribution is 2.14. The van der Waals surface area contributed by atoms with Gasteiger partial charge >= 0.3 is 0 Å². The molecule has 1 aliphatic rings. The summed E-state index contributed by atoms with van der Waals surface area (Å²) in [4.78, 5) is 14.2. The average Bonchev–Trinajstić information content (AvgIpc) is 2.68. The maximum atomic E-state index is 12.6. The van der Waals surface area contributed by atoms with E-state index >= 15 is 0 Å². The quantitative estimate of drug-likeness (QED) is 0.626. The van der Waals surface area contributed by atoms with Crippen LogP contribution in [-0.2, 0) is 25.0 Å². The third kappa shape index (κ3) is 5.09. The van der Waals surface area contributed by atoms with Gasteiger partial charge in [0.2, 0.25) is 15.9 Å². The first kappa shape index (κ1) is 22.8. The highest BCUT2D eigenvalue weighted by Gasteiger charge is 2.34. The summed E-state index contributed by atoms with van der Waals surface area (Å²) in [7, 11) is -7.35. The third-order valence-corrected chi connectivity index (χ3v) is 8.41. The van der Waals surface area contributed by atoms with Crippen LogP contribution in [0.3, 0.4) is 0 Å². The van der Waals surface area contributed by atoms with Gasteiger partial charge in [-0.2, -0.15) is 21.8 Å². The molecule has 1 fully saturated rings. The van der Waals surface area contributed by atoms with Crippen molar-refractivity contribution in [3.63, 3.8) is 0 Å². The molecule has 0 radical (unpaired) electrons. The van der Waals surface area contributed by atoms with Gasteiger partial charge in [-0.1, -0.05) is 32.0 Å². The number of carbonyl (C=O) groups is 1. The second-order valence-electron chi connectivity index (χ2n) is 6.47. The molecule has 0 aliphatic carbocycles. The van der Waals surface area contributed by atoms with E-state index in [1.807, 2.05) is 0 Å². The van der Waals surface area contributed by atoms with E-state index in [0.717, 1.165) is 0 Å². The summed E-state index contributed by atoms with van der Waals surface area (Å²) < 4.78 is 55.0. The summed E-state index contributed by atoms with van der Waals surface area (Å²) in [6, 6.07) is 6.88. The third-order valence-electron chi connectivity index (χ3n) is 4.66. The molecule has 28 heavy (non-hydrogen) atoms. The Kier molecular flexibility index (Phi) is 7.57. The van der Waals surface area contributed by atoms with Crippen LogP contribution >= 0.6 is 0 Å². The van der Waals surface area contributed by atoms with Crippen molar-refractivity contribution < 1.29 is 21.6 Å². The standard InChI is InChI=1S/C17H28N4O5S2/c1-4-20(5-2)28(25,26)21-13-11-19(12-14-21)17(22)15(3)18-27(23,24)16-9-7-6-8-10-16/h6-10,15,18H,4-5,11-14H2,1-3H3/t15-/m0/s1. The van der Waals surface area contributed by atoms with Crippen LogP contribution in [0.15, 0.2) is 35.2 Å². The lowest BCUT2D eigenvalue weighted by molar-refractivity contribution is -0.133. The van der Waals surface area contributed by atoms with Gasteiger partial charge in [-0.05, 0) is 19.1 Å². The van der Waals surface area contributed by atoms with E-state index in [1.165, 1.54) is 32.6 Å². The molecule has 0 spiro atoms. The lowest BCUT2D eigenvalue weighted by Gasteiger charge is -2.37. The molecule has 158 valence electrons. The molecule has 1 N–H and O–H groups in total. The molecule has 1 aliphatic heterocycles. The molecular formula is C17H28N4O5S2. The second kappa shape index (κ2) is 9.31. The highest BCUT2D eigenvalue weighted by atomic mass is 32.2. The molecule has 9 nitrogen and oxygen atoms in total. The van der Waals surface area contributed by atoms with Crippen molar-refractivity contribution in [2.24, 2.45) is 0 Å². The van der Waals surface area contributed by atoms with Gasteiger partial charge in [0, 0.05) is 39.3 Å². The van der Waals surface area contributed by atoms with Crippen LogP contribution in [0.2, 0.25) is 0 Å². The minimum atomic E-state index is -3.81. The minimum Gasteiger partial charge on any atom is -0.339 e. The monoisotopic (exact) mass is 432 g/mol. The SMILES string of the molecule is CCN(CC)S(=O)(=O)N1CCN(C(=O)[C@H](C)NS(=O)(=O)c2ccccc2)CC1. The van der Waals surface area contributed by atoms with Crippen molar-refractivity contribution >= 4 is 26.1 Å². The molecule has 1 aromatic rings. The Hall–Kier alpha value is -1.53. The van der Waals surface area contributed by atoms with E-state index in [0.29, 0.717) is 13.1 Å². The van der Waals surface area contributed by atoms with Crippen LogP contribution in [0, 0.1) is 0 Å². The topological polar surface area (TPSA) is 107 Å². The fraction of sp³-hybridized carbons (Fsp3) is 0.588. The Labute approximate surface area is 167 Å². The summed E-state index contributed by atoms with van der Waals surface area (Å²) >= 11 is 0. The molecule has 0 aromatic heterocycles. The first-order valence-corrected chi connectivity index (χ1v) is 12.1. The van der Waals surface area contributed by atoms with Crippen molar-refractivity contribution in [1.82, 2.24) is 18.2 Å². The van der Waals surface area contributed by atoms with Gasteiger partial charge in [0.1, 0.15) is 0 Å². The Morgan fingerprint density at radius 3 is 2.07 bits per heavy atom. The average molecular weight is 433 g/mol. The van der Waals surface area contributed by atoms with Gasteiger partial charge in [0.05, 0.1) is 10.9 Å². The fourth-order valence-corrected chi connectivity index (χ4v) is 5.90. The van der Waals surface area contributed by atoms with Gasteiger partial charge in [0.15, 0.2) is 0 Å². The Balaban J connectivity index is 1.98. The van der Waals surface area contributed by atoms with Gasteiger partial charge in [0.25, 0.3) is 10.2 Å². The molecule has 0 saturated carbocycles. The van der Waals surface area contributed by atoms with E-state index < -0.39 is 26.3 Å². The molecule has 2 rings (SSSR count). The number of benzene rings is 1. The van der Waals surface area contributed by atoms with Gasteiger partial charge in [-0.3, -0.25) is 4.79 Å². The van der Waals surface area contributed by atoms with Gasteiger partial charge in [-0.15, -0.1) is 0 Å². The molecular weight excluding hydrogens is 404 g/mol. The number of piperazine rings is 1. The zero-order valence-electron chi connectivity index (χ0n) is 16.4. The van der Waals surface area contributed by atoms with Crippen molar-refractivity contribution in [2.45, 2.75) is 31.7 Å². The van der Waals surface area contributed by atoms with E-state index in [2.05, 4.69) is 4.72 Å². The number of carbonyl (C=O) groups excluding carboxylic acids is 1. The van der Waals surface area contributed by atoms with Crippen LogP contribution < -0.4 is 4.72 Å². The zero-order valence-corrected chi connectivity index (χ0v) is 18.0. The maximum Gasteiger partial charge on any atom is 0.282 e. The number of hydrogen-bond donors (Lipinski definition) is 1. The zero-order chi connectivity index (χ0) is 20.9. The molecule has 1 atom stereocenters. The summed E-state index contributed by atoms with van der Waals surface area (Å²) in [6.07, 6.45) is 0. The molecule has 1 aromatic carbocycles. The first-order valence-electron chi connectivity index (χ1n) is 9.24. The first-order chi connectivity index (χ1) is 13.1. The van der Waals surface area contributed by atoms with Gasteiger partial charge in [-0.25, -0.2) is 8.42 Å². The highest BCUT2D eigenvalue weighted by molar-refractivity contribution is 7.89. The number of nitrogens with zero attached hydrogens (tertiary/aromatic N) is 3. The summed E-state index contributed by atoms with van der Waals surface area (Å²) in [5, 5.41) is 0. The van der Waals surface area contributed by atoms with Crippen molar-refractivity contribution in [3.8, 4) is 0 Å². The lowest BCUT2D eigenvalue weighted by atomic mass is 10.2. The van der Waals surface area contributed by atoms with Crippen LogP contribution in [0.1, 0.15) is 20.8 Å². The number of nitrogens with one attached hydrogen (secondary N) is 1. The number of rotatable bonds is 8. The fourth-order valence-electron chi connectivity index (χ4n) is 3.08. The number of amides is 1. The molecule has 0 bridgehead atoms. The van der Waals surface area contributed by atoms with E-state index in [-0.39, 0.29) is 37.0 Å². The van der Waals surface area contributed by atoms with Crippen molar-refractivity contribution in [3.05, 3.63) is 30.3 Å². The molecule has 1 heterocycles. The number of sulfonamides is 1. The summed E-state index contributed by atoms with van der Waals surface area (Å²) in [6.45, 7) is 6.62. The summed E-state index contributed by atoms with van der Waals surface area (Å²) in [5.41, 5.74) is 0. The van der Waals surface area contributed by atoms with Crippen LogP contribution in [0.5, 0.6) is 0 Å². The minimum absolute atomic E-state index is 0.0878. The predicted molar refractivity (Wildman–Crippen MR) is 106 cm³/mol. The predicted octanol–water partition coefficient (Wildman–Crippen LogP) is 0.0842. The van der Waals surface area contributed by atoms with Crippen molar-refractivity contribution in [2.75, 3.05) is 39.3 Å². The molecule has 1 amide bonds. The molecule has 1 saturated heterocycles. The van der Waals surface area contributed by atoms with Gasteiger partial charge < -0.3 is 4.90 Å². The number of hydrogen-bond acceptors (Lipinski definition) is 5. The van der Waals surface area contributed by atoms with Crippen molar-refractivity contribution in [1.29, 1.82) is 0 Å². The maximum absolute atomic E-state index is 12.6. The van der Waals surface area contributed by atoms with E-state index in [1.54, 1.807) is 32.0 Å². The Bertz CT molecular complexity index is 862.